The smallest absolute Gasteiger partial charge is 0.161 e. The number of ketones is 2. The van der Waals surface area contributed by atoms with Gasteiger partial charge in [-0.25, -0.2) is 9.97 Å². The monoisotopic (exact) mass is 535 g/mol. The summed E-state index contributed by atoms with van der Waals surface area (Å²) in [5.74, 6) is 1.11. The van der Waals surface area contributed by atoms with Crippen molar-refractivity contribution in [2.45, 2.75) is 86.5 Å². The van der Waals surface area contributed by atoms with E-state index < -0.39 is 5.41 Å². The molecule has 2 N–H and O–H groups in total. The van der Waals surface area contributed by atoms with E-state index in [1.165, 1.54) is 11.8 Å². The van der Waals surface area contributed by atoms with E-state index >= 15 is 0 Å². The van der Waals surface area contributed by atoms with Crippen LogP contribution in [0, 0.1) is 12.8 Å². The fraction of sp³-hybridized carbons (Fsp3) is 0.438. The summed E-state index contributed by atoms with van der Waals surface area (Å²) in [5, 5.41) is 2.01. The highest BCUT2D eigenvalue weighted by Gasteiger charge is 2.41. The van der Waals surface area contributed by atoms with Crippen molar-refractivity contribution in [2.24, 2.45) is 5.92 Å². The molecule has 0 fully saturated rings. The van der Waals surface area contributed by atoms with Gasteiger partial charge in [0.2, 0.25) is 0 Å². The summed E-state index contributed by atoms with van der Waals surface area (Å²) < 4.78 is 0. The standard InChI is InChI=1S/C32H45N3O2S/c1-12-15-16-27(22(7)20(4)5)23(8)31-34-24(9)29(30(33)35-31)32(11,28(37)14-3)25(10)38-19-26(13-2)18-17-21(6)36/h12,15-16,19-20H,1,8,10,13-14,17-18H2,2-7,9,11H3,(H2,33,34,35)/b16-15-,26-19+,27-22-/t32-/m1/s1. The van der Waals surface area contributed by atoms with Crippen LogP contribution in [0.1, 0.15) is 91.2 Å². The van der Waals surface area contributed by atoms with Gasteiger partial charge >= 0.3 is 0 Å². The highest BCUT2D eigenvalue weighted by molar-refractivity contribution is 8.05. The Bertz CT molecular complexity index is 1160. The Labute approximate surface area is 234 Å². The third-order valence-electron chi connectivity index (χ3n) is 6.96. The van der Waals surface area contributed by atoms with Crippen LogP contribution < -0.4 is 5.73 Å². The second-order valence-electron chi connectivity index (χ2n) is 9.99. The number of thioether (sulfide) groups is 1. The van der Waals surface area contributed by atoms with Gasteiger partial charge in [-0.05, 0) is 62.3 Å². The number of nitrogens with zero attached hydrogens (tertiary/aromatic N) is 2. The van der Waals surface area contributed by atoms with Gasteiger partial charge in [0.25, 0.3) is 0 Å². The van der Waals surface area contributed by atoms with E-state index in [4.69, 9.17) is 10.7 Å². The molecule has 0 saturated carbocycles. The summed E-state index contributed by atoms with van der Waals surface area (Å²) in [7, 11) is 0. The number of hydrogen-bond acceptors (Lipinski definition) is 6. The molecule has 0 aliphatic rings. The Morgan fingerprint density at radius 2 is 1.74 bits per heavy atom. The summed E-state index contributed by atoms with van der Waals surface area (Å²) >= 11 is 1.41. The minimum absolute atomic E-state index is 0.0136. The first-order chi connectivity index (χ1) is 17.8. The highest BCUT2D eigenvalue weighted by Crippen LogP contribution is 2.44. The second-order valence-corrected chi connectivity index (χ2v) is 11.0. The lowest BCUT2D eigenvalue weighted by atomic mass is 9.76. The maximum absolute atomic E-state index is 13.4. The number of aromatic nitrogens is 2. The molecule has 0 amide bonds. The molecular weight excluding hydrogens is 490 g/mol. The number of carbonyl (C=O) groups is 2. The normalized spacial score (nSPS) is 14.3. The number of Topliss-reactive ketones (excluding diaryl/α,β-unsaturated/α-hetero) is 2. The number of nitrogen functional groups attached to an aromatic ring is 1. The summed E-state index contributed by atoms with van der Waals surface area (Å²) in [5.41, 5.74) is 10.6. The molecule has 0 saturated heterocycles. The zero-order valence-electron chi connectivity index (χ0n) is 24.5. The maximum atomic E-state index is 13.4. The first-order valence-electron chi connectivity index (χ1n) is 13.2. The van der Waals surface area contributed by atoms with Crippen molar-refractivity contribution >= 4 is 34.7 Å². The van der Waals surface area contributed by atoms with E-state index in [0.717, 1.165) is 23.1 Å². The Balaban J connectivity index is 3.62. The summed E-state index contributed by atoms with van der Waals surface area (Å²) in [6.45, 7) is 27.8. The van der Waals surface area contributed by atoms with E-state index in [1.54, 1.807) is 13.0 Å². The fourth-order valence-electron chi connectivity index (χ4n) is 4.13. The van der Waals surface area contributed by atoms with E-state index in [2.05, 4.69) is 52.4 Å². The summed E-state index contributed by atoms with van der Waals surface area (Å²) in [4.78, 5) is 35.0. The van der Waals surface area contributed by atoms with E-state index in [1.807, 2.05) is 38.3 Å². The molecule has 6 heteroatoms. The van der Waals surface area contributed by atoms with Crippen molar-refractivity contribution in [3.8, 4) is 0 Å². The summed E-state index contributed by atoms with van der Waals surface area (Å²) in [6.07, 6.45) is 7.86. The van der Waals surface area contributed by atoms with Crippen molar-refractivity contribution in [3.63, 3.8) is 0 Å². The molecule has 0 aliphatic carbocycles. The van der Waals surface area contributed by atoms with E-state index in [-0.39, 0.29) is 17.4 Å². The van der Waals surface area contributed by atoms with Crippen molar-refractivity contribution in [1.82, 2.24) is 9.97 Å². The number of carbonyl (C=O) groups excluding carboxylic acids is 2. The lowest BCUT2D eigenvalue weighted by Gasteiger charge is -2.32. The zero-order chi connectivity index (χ0) is 29.2. The van der Waals surface area contributed by atoms with E-state index in [0.29, 0.717) is 52.7 Å². The number of nitrogens with two attached hydrogens (primary N) is 1. The van der Waals surface area contributed by atoms with Crippen molar-refractivity contribution in [2.75, 3.05) is 5.73 Å². The average Bonchev–Trinajstić information content (AvgIpc) is 2.86. The van der Waals surface area contributed by atoms with Crippen LogP contribution in [0.2, 0.25) is 0 Å². The van der Waals surface area contributed by atoms with Gasteiger partial charge in [-0.2, -0.15) is 0 Å². The van der Waals surface area contributed by atoms with Gasteiger partial charge < -0.3 is 10.5 Å². The van der Waals surface area contributed by atoms with Crippen LogP contribution in [-0.2, 0) is 15.0 Å². The third-order valence-corrected chi connectivity index (χ3v) is 8.10. The molecule has 5 nitrogen and oxygen atoms in total. The van der Waals surface area contributed by atoms with Crippen molar-refractivity contribution in [1.29, 1.82) is 0 Å². The largest absolute Gasteiger partial charge is 0.383 e. The first-order valence-corrected chi connectivity index (χ1v) is 14.0. The molecule has 1 rings (SSSR count). The van der Waals surface area contributed by atoms with Crippen LogP contribution in [0.25, 0.3) is 5.57 Å². The number of anilines is 1. The Morgan fingerprint density at radius 3 is 2.21 bits per heavy atom. The minimum atomic E-state index is -1.08. The molecule has 0 aromatic carbocycles. The van der Waals surface area contributed by atoms with E-state index in [9.17, 15) is 9.59 Å². The molecule has 38 heavy (non-hydrogen) atoms. The molecule has 0 spiro atoms. The van der Waals surface area contributed by atoms with Gasteiger partial charge in [0, 0.05) is 29.7 Å². The molecule has 1 atom stereocenters. The van der Waals surface area contributed by atoms with Gasteiger partial charge in [0.1, 0.15) is 17.4 Å². The molecule has 0 bridgehead atoms. The molecular formula is C32H45N3O2S. The number of rotatable bonds is 15. The van der Waals surface area contributed by atoms with Gasteiger partial charge in [-0.15, -0.1) is 11.8 Å². The lowest BCUT2D eigenvalue weighted by Crippen LogP contribution is -2.35. The predicted octanol–water partition coefficient (Wildman–Crippen LogP) is 8.24. The maximum Gasteiger partial charge on any atom is 0.161 e. The van der Waals surface area contributed by atoms with Crippen LogP contribution in [-0.4, -0.2) is 21.5 Å². The molecule has 0 unspecified atom stereocenters. The molecule has 1 aromatic rings. The number of allylic oxidation sites excluding steroid dienone is 8. The number of hydrogen-bond donors (Lipinski definition) is 1. The summed E-state index contributed by atoms with van der Waals surface area (Å²) in [6, 6.07) is 0. The van der Waals surface area contributed by atoms with Crippen LogP contribution in [0.4, 0.5) is 5.82 Å². The zero-order valence-corrected chi connectivity index (χ0v) is 25.3. The minimum Gasteiger partial charge on any atom is -0.383 e. The molecule has 1 heterocycles. The SMILES string of the molecule is C=C/C=C\C(C(=C)c1nc(C)c([C@](C)(C(=C)S/C=C(\CC)CCC(C)=O)C(=O)CC)c(N)n1)=C(/C)C(C)C. The Kier molecular flexibility index (Phi) is 12.9. The van der Waals surface area contributed by atoms with Crippen LogP contribution in [0.3, 0.4) is 0 Å². The molecule has 0 radical (unpaired) electrons. The van der Waals surface area contributed by atoms with Crippen molar-refractivity contribution in [3.05, 3.63) is 82.1 Å². The lowest BCUT2D eigenvalue weighted by molar-refractivity contribution is -0.122. The molecule has 206 valence electrons. The fourth-order valence-corrected chi connectivity index (χ4v) is 5.17. The van der Waals surface area contributed by atoms with Crippen molar-refractivity contribution < 1.29 is 9.59 Å². The molecule has 1 aromatic heterocycles. The molecule has 0 aliphatic heterocycles. The Morgan fingerprint density at radius 1 is 1.11 bits per heavy atom. The quantitative estimate of drug-likeness (QED) is 0.228. The average molecular weight is 536 g/mol. The predicted molar refractivity (Wildman–Crippen MR) is 165 cm³/mol. The van der Waals surface area contributed by atoms with Crippen LogP contribution >= 0.6 is 11.8 Å². The topological polar surface area (TPSA) is 85.9 Å². The van der Waals surface area contributed by atoms with Gasteiger partial charge in [0.15, 0.2) is 5.82 Å². The van der Waals surface area contributed by atoms with Crippen LogP contribution in [0.15, 0.2) is 65.0 Å². The van der Waals surface area contributed by atoms with Gasteiger partial charge in [-0.3, -0.25) is 4.79 Å². The third kappa shape index (κ3) is 8.00. The second kappa shape index (κ2) is 14.8. The Hall–Kier alpha value is -2.99. The van der Waals surface area contributed by atoms with Gasteiger partial charge in [-0.1, -0.05) is 76.8 Å². The van der Waals surface area contributed by atoms with Gasteiger partial charge in [0.05, 0.1) is 5.41 Å². The number of aryl methyl sites for hydroxylation is 1. The first kappa shape index (κ1) is 33.0. The van der Waals surface area contributed by atoms with Crippen LogP contribution in [0.5, 0.6) is 0 Å². The highest BCUT2D eigenvalue weighted by atomic mass is 32.2.